The molecule has 1 saturated heterocycles. The van der Waals surface area contributed by atoms with E-state index in [4.69, 9.17) is 11.6 Å². The second-order valence-electron chi connectivity index (χ2n) is 9.35. The molecule has 1 atom stereocenters. The average molecular weight is 426 g/mol. The number of rotatable bonds is 5. The van der Waals surface area contributed by atoms with Crippen molar-refractivity contribution in [3.63, 3.8) is 0 Å². The Hall–Kier alpha value is -1.26. The van der Waals surface area contributed by atoms with Crippen molar-refractivity contribution in [3.05, 3.63) is 23.1 Å². The van der Waals surface area contributed by atoms with Gasteiger partial charge in [-0.2, -0.15) is 9.51 Å². The predicted octanol–water partition coefficient (Wildman–Crippen LogP) is 2.31. The van der Waals surface area contributed by atoms with Gasteiger partial charge in [0.05, 0.1) is 0 Å². The minimum atomic E-state index is -2.27. The van der Waals surface area contributed by atoms with Crippen LogP contribution in [0.5, 0.6) is 0 Å². The molecule has 1 aliphatic heterocycles. The molecule has 2 fully saturated rings. The second-order valence-corrected chi connectivity index (χ2v) is 10.6. The Labute approximate surface area is 172 Å². The Bertz CT molecular complexity index is 913. The zero-order chi connectivity index (χ0) is 20.3. The highest BCUT2D eigenvalue weighted by atomic mass is 35.5. The first-order chi connectivity index (χ1) is 13.1. The van der Waals surface area contributed by atoms with Gasteiger partial charge in [0.25, 0.3) is 0 Å². The quantitative estimate of drug-likeness (QED) is 0.584. The lowest BCUT2D eigenvalue weighted by Gasteiger charge is -2.61. The summed E-state index contributed by atoms with van der Waals surface area (Å²) >= 11 is 3.97. The molecule has 1 saturated carbocycles. The number of anilines is 1. The third-order valence-electron chi connectivity index (χ3n) is 5.63. The third-order valence-corrected chi connectivity index (χ3v) is 6.65. The van der Waals surface area contributed by atoms with Crippen LogP contribution in [0.15, 0.2) is 12.4 Å². The maximum absolute atomic E-state index is 11.7. The van der Waals surface area contributed by atoms with Crippen molar-refractivity contribution in [2.45, 2.75) is 46.6 Å². The molecule has 2 aromatic heterocycles. The van der Waals surface area contributed by atoms with Gasteiger partial charge in [-0.25, -0.2) is 14.9 Å². The minimum Gasteiger partial charge on any atom is -0.759 e. The first kappa shape index (κ1) is 20.0. The molecule has 4 rings (SSSR count). The first-order valence-electron chi connectivity index (χ1n) is 9.45. The predicted molar refractivity (Wildman–Crippen MR) is 109 cm³/mol. The van der Waals surface area contributed by atoms with E-state index in [0.717, 1.165) is 42.8 Å². The van der Waals surface area contributed by atoms with Crippen LogP contribution in [-0.4, -0.2) is 53.5 Å². The van der Waals surface area contributed by atoms with Crippen LogP contribution in [0.3, 0.4) is 0 Å². The molecule has 0 amide bonds. The lowest BCUT2D eigenvalue weighted by molar-refractivity contribution is -0.00626. The molecule has 1 aliphatic carbocycles. The Balaban J connectivity index is 1.41. The SMILES string of the molecule is Cc1cc(Cl)n2ncnc(N3CC4(CC(N(NCC(C)(C)C)S(=O)[O-])C4)C3)c12. The maximum atomic E-state index is 11.7. The fourth-order valence-electron chi connectivity index (χ4n) is 4.29. The fraction of sp³-hybridized carbons (Fsp3) is 0.667. The molecule has 8 nitrogen and oxygen atoms in total. The number of halogens is 1. The number of hydrogen-bond donors (Lipinski definition) is 1. The van der Waals surface area contributed by atoms with Crippen LogP contribution in [0.4, 0.5) is 5.82 Å². The van der Waals surface area contributed by atoms with E-state index in [2.05, 4.69) is 41.2 Å². The molecule has 28 heavy (non-hydrogen) atoms. The van der Waals surface area contributed by atoms with E-state index in [1.165, 1.54) is 10.7 Å². The molecule has 1 N–H and O–H groups in total. The zero-order valence-corrected chi connectivity index (χ0v) is 18.2. The molecule has 0 radical (unpaired) electrons. The van der Waals surface area contributed by atoms with Crippen LogP contribution in [-0.2, 0) is 11.3 Å². The number of hydrazine groups is 1. The van der Waals surface area contributed by atoms with E-state index in [9.17, 15) is 8.76 Å². The summed E-state index contributed by atoms with van der Waals surface area (Å²) in [5.74, 6) is 0.892. The van der Waals surface area contributed by atoms with Crippen molar-refractivity contribution in [1.82, 2.24) is 24.4 Å². The van der Waals surface area contributed by atoms with E-state index in [-0.39, 0.29) is 16.9 Å². The van der Waals surface area contributed by atoms with E-state index in [1.54, 1.807) is 4.52 Å². The standard InChI is InChI=1S/C18H27ClN6O2S/c1-12-5-14(19)24-15(12)16(20-11-22-24)23-9-18(10-23)6-13(7-18)25(28(26)27)21-8-17(2,3)4/h5,11,13,21H,6-10H2,1-4H3,(H,26,27)/p-1. The molecule has 1 unspecified atom stereocenters. The number of aromatic nitrogens is 3. The zero-order valence-electron chi connectivity index (χ0n) is 16.6. The topological polar surface area (TPSA) is 88.8 Å². The Kier molecular flexibility index (Phi) is 4.95. The molecule has 1 spiro atoms. The van der Waals surface area contributed by atoms with Crippen molar-refractivity contribution < 1.29 is 8.76 Å². The van der Waals surface area contributed by atoms with Crippen molar-refractivity contribution in [1.29, 1.82) is 0 Å². The summed E-state index contributed by atoms with van der Waals surface area (Å²) in [7, 11) is 0. The van der Waals surface area contributed by atoms with Gasteiger partial charge in [-0.1, -0.05) is 32.4 Å². The van der Waals surface area contributed by atoms with Crippen molar-refractivity contribution in [2.24, 2.45) is 10.8 Å². The lowest BCUT2D eigenvalue weighted by Crippen LogP contribution is -2.68. The van der Waals surface area contributed by atoms with E-state index in [0.29, 0.717) is 11.7 Å². The van der Waals surface area contributed by atoms with Crippen molar-refractivity contribution in [3.8, 4) is 0 Å². The van der Waals surface area contributed by atoms with Crippen LogP contribution in [0.1, 0.15) is 39.2 Å². The summed E-state index contributed by atoms with van der Waals surface area (Å²) in [4.78, 5) is 6.71. The van der Waals surface area contributed by atoms with Gasteiger partial charge in [-0.3, -0.25) is 4.21 Å². The number of hydrogen-bond acceptors (Lipinski definition) is 6. The second kappa shape index (κ2) is 6.91. The normalized spacial score (nSPS) is 20.6. The van der Waals surface area contributed by atoms with Crippen LogP contribution >= 0.6 is 11.6 Å². The molecule has 3 heterocycles. The van der Waals surface area contributed by atoms with E-state index >= 15 is 0 Å². The van der Waals surface area contributed by atoms with Gasteiger partial charge >= 0.3 is 0 Å². The molecule has 0 aromatic carbocycles. The highest BCUT2D eigenvalue weighted by Crippen LogP contribution is 2.51. The molecule has 0 bridgehead atoms. The van der Waals surface area contributed by atoms with Gasteiger partial charge in [0.1, 0.15) is 17.0 Å². The van der Waals surface area contributed by atoms with Crippen LogP contribution in [0.2, 0.25) is 5.15 Å². The highest BCUT2D eigenvalue weighted by Gasteiger charge is 2.55. The number of nitrogens with zero attached hydrogens (tertiary/aromatic N) is 5. The number of aryl methyl sites for hydroxylation is 1. The molecule has 2 aromatic rings. The van der Waals surface area contributed by atoms with Gasteiger partial charge in [-0.05, 0) is 36.8 Å². The largest absolute Gasteiger partial charge is 0.759 e. The molecular formula is C18H26ClN6O2S-. The summed E-state index contributed by atoms with van der Waals surface area (Å²) in [5.41, 5.74) is 5.26. The van der Waals surface area contributed by atoms with E-state index in [1.807, 2.05) is 13.0 Å². The number of nitrogens with one attached hydrogen (secondary N) is 1. The first-order valence-corrected chi connectivity index (χ1v) is 10.9. The highest BCUT2D eigenvalue weighted by molar-refractivity contribution is 7.76. The molecular weight excluding hydrogens is 400 g/mol. The summed E-state index contributed by atoms with van der Waals surface area (Å²) in [6.45, 7) is 10.6. The molecule has 10 heteroatoms. The summed E-state index contributed by atoms with van der Waals surface area (Å²) in [6, 6.07) is 1.91. The summed E-state index contributed by atoms with van der Waals surface area (Å²) < 4.78 is 26.4. The average Bonchev–Trinajstić information content (AvgIpc) is 2.81. The Morgan fingerprint density at radius 1 is 1.43 bits per heavy atom. The Morgan fingerprint density at radius 2 is 2.11 bits per heavy atom. The smallest absolute Gasteiger partial charge is 0.156 e. The van der Waals surface area contributed by atoms with Crippen molar-refractivity contribution >= 4 is 34.2 Å². The van der Waals surface area contributed by atoms with Gasteiger partial charge in [-0.15, -0.1) is 0 Å². The number of fused-ring (bicyclic) bond motifs is 1. The van der Waals surface area contributed by atoms with E-state index < -0.39 is 11.3 Å². The van der Waals surface area contributed by atoms with Gasteiger partial charge in [0.15, 0.2) is 5.82 Å². The minimum absolute atomic E-state index is 0.0118. The van der Waals surface area contributed by atoms with Crippen LogP contribution < -0.4 is 10.3 Å². The van der Waals surface area contributed by atoms with Gasteiger partial charge in [0, 0.05) is 42.4 Å². The lowest BCUT2D eigenvalue weighted by atomic mass is 9.61. The summed E-state index contributed by atoms with van der Waals surface area (Å²) in [5, 5.41) is 4.81. The monoisotopic (exact) mass is 425 g/mol. The van der Waals surface area contributed by atoms with Crippen LogP contribution in [0.25, 0.3) is 5.52 Å². The summed E-state index contributed by atoms with van der Waals surface area (Å²) in [6.07, 6.45) is 3.24. The maximum Gasteiger partial charge on any atom is 0.156 e. The fourth-order valence-corrected chi connectivity index (χ4v) is 5.14. The van der Waals surface area contributed by atoms with Gasteiger partial charge in [0.2, 0.25) is 0 Å². The van der Waals surface area contributed by atoms with Crippen molar-refractivity contribution in [2.75, 3.05) is 24.5 Å². The van der Waals surface area contributed by atoms with Crippen LogP contribution in [0, 0.1) is 17.8 Å². The Morgan fingerprint density at radius 3 is 2.71 bits per heavy atom. The van der Waals surface area contributed by atoms with Gasteiger partial charge < -0.3 is 9.45 Å². The molecule has 154 valence electrons. The molecule has 2 aliphatic rings. The third kappa shape index (κ3) is 3.54.